The Morgan fingerprint density at radius 1 is 1.40 bits per heavy atom. The van der Waals surface area contributed by atoms with Crippen molar-refractivity contribution in [1.82, 2.24) is 5.32 Å². The van der Waals surface area contributed by atoms with Crippen LogP contribution in [0.2, 0.25) is 0 Å². The first-order valence-electron chi connectivity index (χ1n) is 6.08. The fourth-order valence-corrected chi connectivity index (χ4v) is 1.74. The molecule has 0 bridgehead atoms. The zero-order valence-electron chi connectivity index (χ0n) is 11.1. The smallest absolute Gasteiger partial charge is 0.326 e. The predicted octanol–water partition coefficient (Wildman–Crippen LogP) is 1.25. The fraction of sp³-hybridized carbons (Fsp3) is 0.357. The number of carbonyl (C=O) groups excluding carboxylic acids is 1. The van der Waals surface area contributed by atoms with Crippen LogP contribution in [-0.2, 0) is 14.3 Å². The number of benzene rings is 1. The molecule has 1 aromatic rings. The Morgan fingerprint density at radius 2 is 2.05 bits per heavy atom. The summed E-state index contributed by atoms with van der Waals surface area (Å²) in [7, 11) is 1.38. The summed E-state index contributed by atoms with van der Waals surface area (Å²) < 4.78 is 5.11. The average molecular weight is 276 g/mol. The van der Waals surface area contributed by atoms with Crippen molar-refractivity contribution in [3.8, 4) is 6.07 Å². The molecule has 1 amide bonds. The minimum Gasteiger partial charge on any atom is -0.480 e. The normalized spacial score (nSPS) is 13.0. The number of hydrogen-bond donors (Lipinski definition) is 2. The fourth-order valence-electron chi connectivity index (χ4n) is 1.74. The van der Waals surface area contributed by atoms with Gasteiger partial charge in [0.25, 0.3) is 5.91 Å². The Balaban J connectivity index is 2.76. The van der Waals surface area contributed by atoms with Crippen LogP contribution >= 0.6 is 0 Å². The predicted molar refractivity (Wildman–Crippen MR) is 70.6 cm³/mol. The Hall–Kier alpha value is -2.39. The van der Waals surface area contributed by atoms with E-state index in [0.29, 0.717) is 5.56 Å². The molecule has 2 atom stereocenters. The molecule has 20 heavy (non-hydrogen) atoms. The number of carboxylic acid groups (broad SMARTS) is 1. The molecule has 106 valence electrons. The van der Waals surface area contributed by atoms with Crippen molar-refractivity contribution >= 4 is 11.9 Å². The molecule has 0 aliphatic carbocycles. The molecule has 0 unspecified atom stereocenters. The second-order valence-corrected chi connectivity index (χ2v) is 4.12. The van der Waals surface area contributed by atoms with Gasteiger partial charge < -0.3 is 15.2 Å². The van der Waals surface area contributed by atoms with Crippen molar-refractivity contribution in [1.29, 1.82) is 5.26 Å². The third-order valence-corrected chi connectivity index (χ3v) is 2.74. The van der Waals surface area contributed by atoms with Crippen LogP contribution in [0.25, 0.3) is 0 Å². The molecule has 6 nitrogen and oxygen atoms in total. The Morgan fingerprint density at radius 3 is 2.55 bits per heavy atom. The van der Waals surface area contributed by atoms with E-state index in [1.54, 1.807) is 30.3 Å². The van der Waals surface area contributed by atoms with Crippen LogP contribution in [-0.4, -0.2) is 30.1 Å². The monoisotopic (exact) mass is 276 g/mol. The summed E-state index contributed by atoms with van der Waals surface area (Å²) in [6.45, 7) is 0. The second-order valence-electron chi connectivity index (χ2n) is 4.12. The maximum atomic E-state index is 12.1. The van der Waals surface area contributed by atoms with E-state index in [1.807, 2.05) is 6.07 Å². The molecule has 0 heterocycles. The SMILES string of the molecule is CO[C@H](C(=O)N[C@H](CCC#N)C(=O)O)c1ccccc1. The quantitative estimate of drug-likeness (QED) is 0.780. The number of aliphatic carboxylic acids is 1. The summed E-state index contributed by atoms with van der Waals surface area (Å²) in [5, 5.41) is 19.9. The average Bonchev–Trinajstić information content (AvgIpc) is 2.45. The first-order valence-corrected chi connectivity index (χ1v) is 6.08. The van der Waals surface area contributed by atoms with Crippen LogP contribution in [0.1, 0.15) is 24.5 Å². The third kappa shape index (κ3) is 4.37. The molecule has 0 saturated carbocycles. The van der Waals surface area contributed by atoms with Gasteiger partial charge in [-0.1, -0.05) is 30.3 Å². The van der Waals surface area contributed by atoms with Gasteiger partial charge in [0.1, 0.15) is 6.04 Å². The van der Waals surface area contributed by atoms with Gasteiger partial charge >= 0.3 is 5.97 Å². The highest BCUT2D eigenvalue weighted by Crippen LogP contribution is 2.16. The molecule has 0 saturated heterocycles. The standard InChI is InChI=1S/C14H16N2O4/c1-20-12(10-6-3-2-4-7-10)13(17)16-11(14(18)19)8-5-9-15/h2-4,6-7,11-12H,5,8H2,1H3,(H,16,17)(H,18,19)/t11-,12+/m1/s1. The van der Waals surface area contributed by atoms with E-state index in [4.69, 9.17) is 15.1 Å². The van der Waals surface area contributed by atoms with Gasteiger partial charge in [-0.2, -0.15) is 5.26 Å². The van der Waals surface area contributed by atoms with Crippen LogP contribution in [0.3, 0.4) is 0 Å². The zero-order chi connectivity index (χ0) is 15.0. The summed E-state index contributed by atoms with van der Waals surface area (Å²) >= 11 is 0. The first-order chi connectivity index (χ1) is 9.60. The van der Waals surface area contributed by atoms with Crippen molar-refractivity contribution in [2.24, 2.45) is 0 Å². The Labute approximate surface area is 117 Å². The molecule has 0 aromatic heterocycles. The van der Waals surface area contributed by atoms with Crippen LogP contribution in [0.5, 0.6) is 0 Å². The number of carboxylic acids is 1. The topological polar surface area (TPSA) is 99.4 Å². The number of ether oxygens (including phenoxy) is 1. The maximum absolute atomic E-state index is 12.1. The van der Waals surface area contributed by atoms with Crippen LogP contribution in [0, 0.1) is 11.3 Å². The van der Waals surface area contributed by atoms with Crippen LogP contribution < -0.4 is 5.32 Å². The number of rotatable bonds is 7. The summed E-state index contributed by atoms with van der Waals surface area (Å²) in [4.78, 5) is 23.1. The molecule has 1 rings (SSSR count). The number of nitrogens with zero attached hydrogens (tertiary/aromatic N) is 1. The lowest BCUT2D eigenvalue weighted by atomic mass is 10.1. The summed E-state index contributed by atoms with van der Waals surface area (Å²) in [6, 6.07) is 9.54. The van der Waals surface area contributed by atoms with Gasteiger partial charge in [0.05, 0.1) is 6.07 Å². The van der Waals surface area contributed by atoms with Gasteiger partial charge in [-0.3, -0.25) is 4.79 Å². The van der Waals surface area contributed by atoms with Gasteiger partial charge in [-0.25, -0.2) is 4.79 Å². The molecule has 2 N–H and O–H groups in total. The molecular formula is C14H16N2O4. The molecule has 1 aromatic carbocycles. The van der Waals surface area contributed by atoms with E-state index in [2.05, 4.69) is 5.32 Å². The number of nitriles is 1. The van der Waals surface area contributed by atoms with Gasteiger partial charge in [0.15, 0.2) is 6.10 Å². The van der Waals surface area contributed by atoms with E-state index in [9.17, 15) is 9.59 Å². The highest BCUT2D eigenvalue weighted by Gasteiger charge is 2.25. The molecular weight excluding hydrogens is 260 g/mol. The number of methoxy groups -OCH3 is 1. The third-order valence-electron chi connectivity index (χ3n) is 2.74. The minimum absolute atomic E-state index is 0.0558. The lowest BCUT2D eigenvalue weighted by Crippen LogP contribution is -2.43. The highest BCUT2D eigenvalue weighted by atomic mass is 16.5. The maximum Gasteiger partial charge on any atom is 0.326 e. The molecule has 0 aliphatic heterocycles. The number of carbonyl (C=O) groups is 2. The van der Waals surface area contributed by atoms with Gasteiger partial charge in [0, 0.05) is 13.5 Å². The number of hydrogen-bond acceptors (Lipinski definition) is 4. The van der Waals surface area contributed by atoms with Crippen molar-refractivity contribution < 1.29 is 19.4 Å². The van der Waals surface area contributed by atoms with E-state index < -0.39 is 24.0 Å². The number of amides is 1. The van der Waals surface area contributed by atoms with E-state index in [0.717, 1.165) is 0 Å². The largest absolute Gasteiger partial charge is 0.480 e. The molecule has 0 fully saturated rings. The summed E-state index contributed by atoms with van der Waals surface area (Å²) in [5.74, 6) is -1.71. The van der Waals surface area contributed by atoms with Gasteiger partial charge in [-0.05, 0) is 12.0 Å². The van der Waals surface area contributed by atoms with Gasteiger partial charge in [-0.15, -0.1) is 0 Å². The van der Waals surface area contributed by atoms with E-state index >= 15 is 0 Å². The van der Waals surface area contributed by atoms with E-state index in [1.165, 1.54) is 7.11 Å². The molecule has 0 radical (unpaired) electrons. The van der Waals surface area contributed by atoms with Crippen molar-refractivity contribution in [2.75, 3.05) is 7.11 Å². The van der Waals surface area contributed by atoms with Gasteiger partial charge in [0.2, 0.25) is 0 Å². The lowest BCUT2D eigenvalue weighted by Gasteiger charge is -2.19. The van der Waals surface area contributed by atoms with Crippen molar-refractivity contribution in [3.05, 3.63) is 35.9 Å². The van der Waals surface area contributed by atoms with E-state index in [-0.39, 0.29) is 12.8 Å². The van der Waals surface area contributed by atoms with Crippen molar-refractivity contribution in [2.45, 2.75) is 25.0 Å². The van der Waals surface area contributed by atoms with Crippen LogP contribution in [0.15, 0.2) is 30.3 Å². The molecule has 0 aliphatic rings. The Kier molecular flexibility index (Phi) is 6.20. The molecule has 0 spiro atoms. The highest BCUT2D eigenvalue weighted by molar-refractivity contribution is 5.87. The second kappa shape index (κ2) is 7.92. The Bertz CT molecular complexity index is 496. The summed E-state index contributed by atoms with van der Waals surface area (Å²) in [5.41, 5.74) is 0.636. The summed E-state index contributed by atoms with van der Waals surface area (Å²) in [6.07, 6.45) is -0.761. The number of nitrogens with one attached hydrogen (secondary N) is 1. The van der Waals surface area contributed by atoms with Crippen molar-refractivity contribution in [3.63, 3.8) is 0 Å². The lowest BCUT2D eigenvalue weighted by molar-refractivity contribution is -0.144. The van der Waals surface area contributed by atoms with Crippen LogP contribution in [0.4, 0.5) is 0 Å². The zero-order valence-corrected chi connectivity index (χ0v) is 11.1. The minimum atomic E-state index is -1.17. The first kappa shape index (κ1) is 15.7. The molecule has 6 heteroatoms.